The lowest BCUT2D eigenvalue weighted by atomic mass is 10.00. The molecule has 5 rings (SSSR count). The van der Waals surface area contributed by atoms with Gasteiger partial charge >= 0.3 is 0 Å². The zero-order chi connectivity index (χ0) is 17.5. The Kier molecular flexibility index (Phi) is 3.47. The minimum absolute atomic E-state index is 0.0137. The molecule has 0 aliphatic rings. The molecule has 2 heterocycles. The number of rotatable bonds is 2. The quantitative estimate of drug-likeness (QED) is 0.389. The van der Waals surface area contributed by atoms with Crippen LogP contribution in [0, 0.1) is 0 Å². The van der Waals surface area contributed by atoms with Gasteiger partial charge in [-0.3, -0.25) is 9.36 Å². The lowest BCUT2D eigenvalue weighted by molar-refractivity contribution is 1.04. The van der Waals surface area contributed by atoms with Crippen LogP contribution in [0.1, 0.15) is 0 Å². The maximum atomic E-state index is 13.1. The van der Waals surface area contributed by atoms with Gasteiger partial charge in [-0.1, -0.05) is 54.6 Å². The molecule has 5 aromatic rings. The van der Waals surface area contributed by atoms with Crippen molar-refractivity contribution in [2.24, 2.45) is 0 Å². The van der Waals surface area contributed by atoms with Gasteiger partial charge in [0, 0.05) is 32.8 Å². The molecule has 0 unspecified atom stereocenters. The third kappa shape index (κ3) is 2.29. The van der Waals surface area contributed by atoms with Crippen molar-refractivity contribution >= 4 is 32.3 Å². The highest BCUT2D eigenvalue weighted by Crippen LogP contribution is 2.37. The third-order valence-corrected chi connectivity index (χ3v) is 5.67. The van der Waals surface area contributed by atoms with Crippen molar-refractivity contribution in [3.8, 4) is 16.8 Å². The Morgan fingerprint density at radius 1 is 0.692 bits per heavy atom. The van der Waals surface area contributed by atoms with Crippen molar-refractivity contribution in [3.63, 3.8) is 0 Å². The number of hydrogen-bond acceptors (Lipinski definition) is 2. The molecule has 0 aliphatic heterocycles. The van der Waals surface area contributed by atoms with E-state index in [1.54, 1.807) is 22.0 Å². The van der Waals surface area contributed by atoms with E-state index in [4.69, 9.17) is 0 Å². The summed E-state index contributed by atoms with van der Waals surface area (Å²) in [5.41, 5.74) is 3.92. The van der Waals surface area contributed by atoms with Gasteiger partial charge in [0.05, 0.1) is 5.52 Å². The summed E-state index contributed by atoms with van der Waals surface area (Å²) in [7, 11) is 0. The number of benzene rings is 3. The Bertz CT molecular complexity index is 1300. The van der Waals surface area contributed by atoms with E-state index in [0.717, 1.165) is 27.7 Å². The summed E-state index contributed by atoms with van der Waals surface area (Å²) in [6, 6.07) is 28.0. The largest absolute Gasteiger partial charge is 0.277 e. The Hall–Kier alpha value is -3.17. The van der Waals surface area contributed by atoms with Crippen LogP contribution in [-0.4, -0.2) is 4.57 Å². The smallest absolute Gasteiger partial charge is 0.256 e. The number of fused-ring (bicyclic) bond motifs is 2. The van der Waals surface area contributed by atoms with Crippen LogP contribution in [0.15, 0.2) is 95.1 Å². The summed E-state index contributed by atoms with van der Waals surface area (Å²) in [6.07, 6.45) is 0. The second-order valence-corrected chi connectivity index (χ2v) is 7.14. The van der Waals surface area contributed by atoms with Crippen LogP contribution >= 0.6 is 11.3 Å². The molecule has 2 nitrogen and oxygen atoms in total. The molecule has 0 amide bonds. The van der Waals surface area contributed by atoms with Gasteiger partial charge in [-0.15, -0.1) is 11.3 Å². The van der Waals surface area contributed by atoms with Crippen LogP contribution in [0.3, 0.4) is 0 Å². The first kappa shape index (κ1) is 15.1. The van der Waals surface area contributed by atoms with E-state index in [9.17, 15) is 4.79 Å². The molecule has 0 atom stereocenters. The van der Waals surface area contributed by atoms with E-state index >= 15 is 0 Å². The van der Waals surface area contributed by atoms with E-state index in [2.05, 4.69) is 23.6 Å². The second kappa shape index (κ2) is 5.97. The van der Waals surface area contributed by atoms with E-state index < -0.39 is 0 Å². The van der Waals surface area contributed by atoms with Crippen molar-refractivity contribution in [1.29, 1.82) is 0 Å². The average molecular weight is 353 g/mol. The van der Waals surface area contributed by atoms with Gasteiger partial charge in [0.2, 0.25) is 0 Å². The zero-order valence-corrected chi connectivity index (χ0v) is 14.7. The number of nitrogens with zero attached hydrogens (tertiary/aromatic N) is 1. The Labute approximate surface area is 154 Å². The van der Waals surface area contributed by atoms with Gasteiger partial charge in [-0.25, -0.2) is 0 Å². The van der Waals surface area contributed by atoms with Crippen LogP contribution < -0.4 is 5.56 Å². The molecule has 0 saturated heterocycles. The first-order valence-corrected chi connectivity index (χ1v) is 9.38. The van der Waals surface area contributed by atoms with Crippen molar-refractivity contribution in [1.82, 2.24) is 4.57 Å². The fourth-order valence-electron chi connectivity index (χ4n) is 3.53. The Balaban J connectivity index is 1.88. The SMILES string of the molecule is O=c1cc(-c2csc3ccccc23)c2ccccc2n1-c1ccccc1. The highest BCUT2D eigenvalue weighted by molar-refractivity contribution is 7.17. The minimum Gasteiger partial charge on any atom is -0.277 e. The summed E-state index contributed by atoms with van der Waals surface area (Å²) in [5, 5.41) is 4.43. The van der Waals surface area contributed by atoms with Crippen LogP contribution in [0.25, 0.3) is 37.8 Å². The Morgan fingerprint density at radius 3 is 2.23 bits per heavy atom. The maximum absolute atomic E-state index is 13.1. The molecule has 26 heavy (non-hydrogen) atoms. The van der Waals surface area contributed by atoms with Crippen molar-refractivity contribution in [2.75, 3.05) is 0 Å². The lowest BCUT2D eigenvalue weighted by Gasteiger charge is -2.13. The molecular weight excluding hydrogens is 338 g/mol. The van der Waals surface area contributed by atoms with Crippen molar-refractivity contribution in [2.45, 2.75) is 0 Å². The summed E-state index contributed by atoms with van der Waals surface area (Å²) in [4.78, 5) is 13.1. The summed E-state index contributed by atoms with van der Waals surface area (Å²) in [6.45, 7) is 0. The summed E-state index contributed by atoms with van der Waals surface area (Å²) < 4.78 is 3.02. The molecule has 2 aromatic heterocycles. The molecule has 0 N–H and O–H groups in total. The molecular formula is C23H15NOS. The molecule has 3 aromatic carbocycles. The highest BCUT2D eigenvalue weighted by atomic mass is 32.1. The van der Waals surface area contributed by atoms with E-state index in [0.29, 0.717) is 0 Å². The monoisotopic (exact) mass is 353 g/mol. The van der Waals surface area contributed by atoms with Gasteiger partial charge in [-0.2, -0.15) is 0 Å². The summed E-state index contributed by atoms with van der Waals surface area (Å²) in [5.74, 6) is 0. The van der Waals surface area contributed by atoms with Gasteiger partial charge in [0.25, 0.3) is 5.56 Å². The predicted molar refractivity (Wildman–Crippen MR) is 110 cm³/mol. The Morgan fingerprint density at radius 2 is 1.38 bits per heavy atom. The average Bonchev–Trinajstić information content (AvgIpc) is 3.12. The zero-order valence-electron chi connectivity index (χ0n) is 13.9. The van der Waals surface area contributed by atoms with E-state index in [1.165, 1.54) is 10.1 Å². The first-order valence-electron chi connectivity index (χ1n) is 8.50. The predicted octanol–water partition coefficient (Wildman–Crippen LogP) is 5.87. The van der Waals surface area contributed by atoms with E-state index in [-0.39, 0.29) is 5.56 Å². The first-order chi connectivity index (χ1) is 12.8. The van der Waals surface area contributed by atoms with Gasteiger partial charge in [0.15, 0.2) is 0 Å². The summed E-state index contributed by atoms with van der Waals surface area (Å²) >= 11 is 1.71. The third-order valence-electron chi connectivity index (χ3n) is 4.71. The topological polar surface area (TPSA) is 22.0 Å². The van der Waals surface area contributed by atoms with Gasteiger partial charge < -0.3 is 0 Å². The standard InChI is InChI=1S/C23H15NOS/c25-23-14-19(20-15-26-22-13-7-5-11-18(20)22)17-10-4-6-12-21(17)24(23)16-8-2-1-3-9-16/h1-15H. The fourth-order valence-corrected chi connectivity index (χ4v) is 4.49. The molecule has 0 radical (unpaired) electrons. The molecule has 0 fully saturated rings. The fraction of sp³-hybridized carbons (Fsp3) is 0. The van der Waals surface area contributed by atoms with Crippen molar-refractivity contribution < 1.29 is 0 Å². The highest BCUT2D eigenvalue weighted by Gasteiger charge is 2.14. The second-order valence-electron chi connectivity index (χ2n) is 6.23. The van der Waals surface area contributed by atoms with Crippen LogP contribution in [0.2, 0.25) is 0 Å². The van der Waals surface area contributed by atoms with Crippen LogP contribution in [0.4, 0.5) is 0 Å². The van der Waals surface area contributed by atoms with Crippen molar-refractivity contribution in [3.05, 3.63) is 101 Å². The van der Waals surface area contributed by atoms with E-state index in [1.807, 2.05) is 60.7 Å². The lowest BCUT2D eigenvalue weighted by Crippen LogP contribution is -2.18. The minimum atomic E-state index is -0.0137. The molecule has 0 aliphatic carbocycles. The normalized spacial score (nSPS) is 11.2. The number of para-hydroxylation sites is 2. The van der Waals surface area contributed by atoms with Gasteiger partial charge in [-0.05, 0) is 35.2 Å². The maximum Gasteiger partial charge on any atom is 0.256 e. The number of hydrogen-bond donors (Lipinski definition) is 0. The molecule has 3 heteroatoms. The molecule has 0 spiro atoms. The number of thiophene rings is 1. The molecule has 124 valence electrons. The van der Waals surface area contributed by atoms with Gasteiger partial charge in [0.1, 0.15) is 0 Å². The molecule has 0 bridgehead atoms. The van der Waals surface area contributed by atoms with Crippen LogP contribution in [0.5, 0.6) is 0 Å². The number of aromatic nitrogens is 1. The van der Waals surface area contributed by atoms with Crippen LogP contribution in [-0.2, 0) is 0 Å². The molecule has 0 saturated carbocycles. The number of pyridine rings is 1.